The van der Waals surface area contributed by atoms with Crippen LogP contribution in [0.1, 0.15) is 67.9 Å². The van der Waals surface area contributed by atoms with E-state index in [0.29, 0.717) is 18.2 Å². The minimum atomic E-state index is -0.0586. The van der Waals surface area contributed by atoms with Crippen molar-refractivity contribution >= 4 is 5.91 Å². The van der Waals surface area contributed by atoms with Gasteiger partial charge in [0.1, 0.15) is 5.75 Å². The van der Waals surface area contributed by atoms with E-state index in [2.05, 4.69) is 43.1 Å². The van der Waals surface area contributed by atoms with E-state index in [1.54, 1.807) is 7.05 Å². The van der Waals surface area contributed by atoms with Crippen molar-refractivity contribution in [1.29, 1.82) is 0 Å². The van der Waals surface area contributed by atoms with Crippen LogP contribution in [0.25, 0.3) is 0 Å². The van der Waals surface area contributed by atoms with Gasteiger partial charge in [0.15, 0.2) is 0 Å². The van der Waals surface area contributed by atoms with Crippen molar-refractivity contribution in [3.05, 3.63) is 28.8 Å². The maximum atomic E-state index is 12.3. The van der Waals surface area contributed by atoms with Crippen LogP contribution in [-0.4, -0.2) is 43.6 Å². The van der Waals surface area contributed by atoms with Gasteiger partial charge in [-0.25, -0.2) is 0 Å². The van der Waals surface area contributed by atoms with E-state index in [1.165, 1.54) is 24.0 Å². The monoisotopic (exact) mass is 346 g/mol. The minimum absolute atomic E-state index is 0.0586. The second-order valence-electron chi connectivity index (χ2n) is 7.00. The van der Waals surface area contributed by atoms with Crippen LogP contribution in [0.5, 0.6) is 5.75 Å². The molecule has 1 atom stereocenters. The van der Waals surface area contributed by atoms with Gasteiger partial charge in [0.2, 0.25) is 0 Å². The van der Waals surface area contributed by atoms with Gasteiger partial charge >= 0.3 is 0 Å². The van der Waals surface area contributed by atoms with Crippen LogP contribution < -0.4 is 10.1 Å². The molecule has 1 unspecified atom stereocenters. The predicted octanol–water partition coefficient (Wildman–Crippen LogP) is 3.81. The molecule has 0 heterocycles. The molecule has 1 aromatic carbocycles. The van der Waals surface area contributed by atoms with Gasteiger partial charge in [0, 0.05) is 13.1 Å². The number of hydrogen-bond donors (Lipinski definition) is 1. The van der Waals surface area contributed by atoms with E-state index in [0.717, 1.165) is 44.5 Å². The summed E-state index contributed by atoms with van der Waals surface area (Å²) in [7, 11) is 1.68. The molecule has 2 rings (SSSR count). The van der Waals surface area contributed by atoms with Crippen LogP contribution in [0.3, 0.4) is 0 Å². The number of fused-ring (bicyclic) bond motifs is 1. The number of hydrogen-bond acceptors (Lipinski definition) is 3. The quantitative estimate of drug-likeness (QED) is 0.655. The largest absolute Gasteiger partial charge is 0.493 e. The van der Waals surface area contributed by atoms with Crippen molar-refractivity contribution in [2.45, 2.75) is 65.3 Å². The molecule has 1 amide bonds. The van der Waals surface area contributed by atoms with Gasteiger partial charge in [-0.3, -0.25) is 9.69 Å². The molecule has 0 spiro atoms. The molecule has 0 bridgehead atoms. The van der Waals surface area contributed by atoms with Gasteiger partial charge < -0.3 is 10.1 Å². The number of ether oxygens (including phenoxy) is 1. The third kappa shape index (κ3) is 4.97. The van der Waals surface area contributed by atoms with Gasteiger partial charge in [-0.15, -0.1) is 0 Å². The maximum absolute atomic E-state index is 12.3. The van der Waals surface area contributed by atoms with Crippen LogP contribution in [0, 0.1) is 0 Å². The van der Waals surface area contributed by atoms with Gasteiger partial charge in [0.25, 0.3) is 5.91 Å². The minimum Gasteiger partial charge on any atom is -0.493 e. The Bertz CT molecular complexity index is 565. The Morgan fingerprint density at radius 1 is 1.12 bits per heavy atom. The Kier molecular flexibility index (Phi) is 7.76. The topological polar surface area (TPSA) is 41.6 Å². The molecule has 1 aromatic rings. The van der Waals surface area contributed by atoms with Crippen molar-refractivity contribution < 1.29 is 9.53 Å². The SMILES string of the molecule is CCCCOc1cc2c(cc1C(=O)NC)CC(N(CCC)CCC)C2. The highest BCUT2D eigenvalue weighted by molar-refractivity contribution is 5.97. The third-order valence-corrected chi connectivity index (χ3v) is 4.98. The van der Waals surface area contributed by atoms with Crippen molar-refractivity contribution in [3.63, 3.8) is 0 Å². The number of benzene rings is 1. The Hall–Kier alpha value is -1.55. The van der Waals surface area contributed by atoms with Gasteiger partial charge in [-0.2, -0.15) is 0 Å². The highest BCUT2D eigenvalue weighted by atomic mass is 16.5. The number of carbonyl (C=O) groups excluding carboxylic acids is 1. The Balaban J connectivity index is 2.22. The first-order valence-electron chi connectivity index (χ1n) is 9.89. The molecule has 1 aliphatic rings. The molecule has 0 radical (unpaired) electrons. The van der Waals surface area contributed by atoms with Crippen molar-refractivity contribution in [2.24, 2.45) is 0 Å². The highest BCUT2D eigenvalue weighted by Crippen LogP contribution is 2.32. The molecule has 0 fully saturated rings. The lowest BCUT2D eigenvalue weighted by Crippen LogP contribution is -2.37. The lowest BCUT2D eigenvalue weighted by atomic mass is 10.0. The second kappa shape index (κ2) is 9.81. The molecular formula is C21H34N2O2. The maximum Gasteiger partial charge on any atom is 0.254 e. The van der Waals surface area contributed by atoms with Crippen LogP contribution in [-0.2, 0) is 12.8 Å². The molecule has 1 aliphatic carbocycles. The summed E-state index contributed by atoms with van der Waals surface area (Å²) in [6.45, 7) is 9.60. The van der Waals surface area contributed by atoms with Crippen molar-refractivity contribution in [3.8, 4) is 5.75 Å². The zero-order valence-corrected chi connectivity index (χ0v) is 16.4. The van der Waals surface area contributed by atoms with Crippen LogP contribution in [0.2, 0.25) is 0 Å². The van der Waals surface area contributed by atoms with E-state index in [-0.39, 0.29) is 5.91 Å². The Labute approximate surface area is 152 Å². The lowest BCUT2D eigenvalue weighted by molar-refractivity contribution is 0.0959. The van der Waals surface area contributed by atoms with E-state index >= 15 is 0 Å². The van der Waals surface area contributed by atoms with Crippen molar-refractivity contribution in [2.75, 3.05) is 26.7 Å². The zero-order chi connectivity index (χ0) is 18.2. The highest BCUT2D eigenvalue weighted by Gasteiger charge is 2.28. The molecule has 25 heavy (non-hydrogen) atoms. The molecule has 4 nitrogen and oxygen atoms in total. The molecule has 0 saturated heterocycles. The van der Waals surface area contributed by atoms with Crippen LogP contribution in [0.4, 0.5) is 0 Å². The first-order chi connectivity index (χ1) is 12.1. The smallest absolute Gasteiger partial charge is 0.254 e. The van der Waals surface area contributed by atoms with E-state index in [1.807, 2.05) is 0 Å². The summed E-state index contributed by atoms with van der Waals surface area (Å²) in [4.78, 5) is 14.9. The number of unbranched alkanes of at least 4 members (excludes halogenated alkanes) is 1. The molecule has 1 N–H and O–H groups in total. The second-order valence-corrected chi connectivity index (χ2v) is 7.00. The summed E-state index contributed by atoms with van der Waals surface area (Å²) < 4.78 is 5.94. The number of nitrogens with zero attached hydrogens (tertiary/aromatic N) is 1. The first-order valence-corrected chi connectivity index (χ1v) is 9.89. The molecule has 0 saturated carbocycles. The average Bonchev–Trinajstić information content (AvgIpc) is 3.03. The van der Waals surface area contributed by atoms with E-state index in [9.17, 15) is 4.79 Å². The normalized spacial score (nSPS) is 16.1. The summed E-state index contributed by atoms with van der Waals surface area (Å²) in [6.07, 6.45) is 6.56. The number of carbonyl (C=O) groups is 1. The summed E-state index contributed by atoms with van der Waals surface area (Å²) >= 11 is 0. The Morgan fingerprint density at radius 2 is 1.76 bits per heavy atom. The summed E-state index contributed by atoms with van der Waals surface area (Å²) in [5, 5.41) is 2.75. The van der Waals surface area contributed by atoms with Gasteiger partial charge in [-0.05, 0) is 68.5 Å². The number of rotatable bonds is 10. The molecule has 0 aliphatic heterocycles. The Morgan fingerprint density at radius 3 is 2.32 bits per heavy atom. The lowest BCUT2D eigenvalue weighted by Gasteiger charge is -2.27. The molecule has 0 aromatic heterocycles. The molecule has 4 heteroatoms. The predicted molar refractivity (Wildman–Crippen MR) is 104 cm³/mol. The van der Waals surface area contributed by atoms with Crippen molar-refractivity contribution in [1.82, 2.24) is 10.2 Å². The fourth-order valence-corrected chi connectivity index (χ4v) is 3.69. The first kappa shape index (κ1) is 19.8. The van der Waals surface area contributed by atoms with E-state index in [4.69, 9.17) is 4.74 Å². The molecule has 140 valence electrons. The van der Waals surface area contributed by atoms with Crippen LogP contribution >= 0.6 is 0 Å². The fraction of sp³-hybridized carbons (Fsp3) is 0.667. The third-order valence-electron chi connectivity index (χ3n) is 4.98. The van der Waals surface area contributed by atoms with Crippen LogP contribution in [0.15, 0.2) is 12.1 Å². The summed E-state index contributed by atoms with van der Waals surface area (Å²) in [6, 6.07) is 4.73. The molecular weight excluding hydrogens is 312 g/mol. The standard InChI is InChI=1S/C21H34N2O2/c1-5-8-11-25-20-15-17-13-18(23(9-6-2)10-7-3)12-16(17)14-19(20)21(24)22-4/h14-15,18H,5-13H2,1-4H3,(H,22,24). The summed E-state index contributed by atoms with van der Waals surface area (Å²) in [5.41, 5.74) is 3.33. The number of nitrogens with one attached hydrogen (secondary N) is 1. The average molecular weight is 347 g/mol. The van der Waals surface area contributed by atoms with Gasteiger partial charge in [-0.1, -0.05) is 27.2 Å². The number of amides is 1. The zero-order valence-electron chi connectivity index (χ0n) is 16.4. The van der Waals surface area contributed by atoms with E-state index < -0.39 is 0 Å². The summed E-state index contributed by atoms with van der Waals surface area (Å²) in [5.74, 6) is 0.682. The fourth-order valence-electron chi connectivity index (χ4n) is 3.69. The van der Waals surface area contributed by atoms with Gasteiger partial charge in [0.05, 0.1) is 12.2 Å².